The van der Waals surface area contributed by atoms with E-state index in [0.29, 0.717) is 36.5 Å². The lowest BCUT2D eigenvalue weighted by molar-refractivity contribution is -0.146. The number of ether oxygens (including phenoxy) is 3. The summed E-state index contributed by atoms with van der Waals surface area (Å²) in [5, 5.41) is 9.15. The number of anilines is 2. The predicted molar refractivity (Wildman–Crippen MR) is 153 cm³/mol. The summed E-state index contributed by atoms with van der Waals surface area (Å²) in [6, 6.07) is 11.7. The highest BCUT2D eigenvalue weighted by atomic mass is 32.1. The highest BCUT2D eigenvalue weighted by Gasteiger charge is 2.50. The number of methoxy groups -OCH3 is 1. The van der Waals surface area contributed by atoms with Crippen LogP contribution in [-0.2, 0) is 25.2 Å². The maximum atomic E-state index is 13.6. The molecule has 0 atom stereocenters. The fraction of sp³-hybridized carbons (Fsp3) is 0.467. The predicted octanol–water partition coefficient (Wildman–Crippen LogP) is 5.87. The molecular formula is C30H32F3N3O5S. The fourth-order valence-electron chi connectivity index (χ4n) is 5.30. The van der Waals surface area contributed by atoms with Crippen LogP contribution < -0.4 is 14.5 Å². The number of nitrogens with zero attached hydrogens (tertiary/aromatic N) is 3. The van der Waals surface area contributed by atoms with E-state index in [-0.39, 0.29) is 23.4 Å². The first-order valence-corrected chi connectivity index (χ1v) is 13.9. The lowest BCUT2D eigenvalue weighted by Crippen LogP contribution is -2.44. The molecular weight excluding hydrogens is 571 g/mol. The standard InChI is InChI=1S/C30H32F3N3O5S/c1-29(2)27(38)35(23-9-8-21(15-34)25(14-23)30(31,32)33)28(42)36(29)22-10-12-24(13-11-22)41-17-20-6-4-19(5-7-20)16-40-18-26(37)39-3/h8-14,19-20H,4-7,16-18H2,1-3H3. The monoisotopic (exact) mass is 603 g/mol. The molecule has 12 heteroatoms. The molecule has 2 aliphatic rings. The SMILES string of the molecule is COC(=O)COCC1CCC(COc2ccc(N3C(=S)N(c4ccc(C#N)c(C(F)(F)F)c4)C(=O)C3(C)C)cc2)CC1. The van der Waals surface area contributed by atoms with Crippen molar-refractivity contribution in [2.45, 2.75) is 51.2 Å². The molecule has 0 aromatic heterocycles. The quantitative estimate of drug-likeness (QED) is 0.260. The third-order valence-corrected chi connectivity index (χ3v) is 8.07. The Morgan fingerprint density at radius 3 is 2.21 bits per heavy atom. The second-order valence-corrected chi connectivity index (χ2v) is 11.3. The van der Waals surface area contributed by atoms with Crippen LogP contribution in [0.15, 0.2) is 42.5 Å². The van der Waals surface area contributed by atoms with Gasteiger partial charge in [-0.2, -0.15) is 18.4 Å². The zero-order chi connectivity index (χ0) is 30.7. The minimum atomic E-state index is -4.77. The number of hydrogen-bond donors (Lipinski definition) is 0. The van der Waals surface area contributed by atoms with E-state index in [1.54, 1.807) is 49.1 Å². The van der Waals surface area contributed by atoms with Crippen LogP contribution in [0.5, 0.6) is 5.75 Å². The van der Waals surface area contributed by atoms with Gasteiger partial charge in [0.25, 0.3) is 5.91 Å². The number of nitriles is 1. The number of rotatable bonds is 9. The summed E-state index contributed by atoms with van der Waals surface area (Å²) in [4.78, 5) is 27.3. The van der Waals surface area contributed by atoms with E-state index in [2.05, 4.69) is 4.74 Å². The third-order valence-electron chi connectivity index (χ3n) is 7.70. The second kappa shape index (κ2) is 12.7. The molecule has 1 aliphatic carbocycles. The van der Waals surface area contributed by atoms with Gasteiger partial charge < -0.3 is 19.1 Å². The molecule has 1 saturated carbocycles. The Bertz CT molecular complexity index is 1370. The highest BCUT2D eigenvalue weighted by molar-refractivity contribution is 7.81. The van der Waals surface area contributed by atoms with E-state index in [1.165, 1.54) is 13.2 Å². The summed E-state index contributed by atoms with van der Waals surface area (Å²) in [5.74, 6) is 0.580. The van der Waals surface area contributed by atoms with Gasteiger partial charge in [0.15, 0.2) is 5.11 Å². The van der Waals surface area contributed by atoms with Crippen molar-refractivity contribution >= 4 is 40.6 Å². The van der Waals surface area contributed by atoms with Gasteiger partial charge in [0.05, 0.1) is 43.2 Å². The van der Waals surface area contributed by atoms with Crippen molar-refractivity contribution in [1.29, 1.82) is 5.26 Å². The van der Waals surface area contributed by atoms with E-state index in [0.717, 1.165) is 42.7 Å². The largest absolute Gasteiger partial charge is 0.493 e. The molecule has 2 aromatic rings. The Labute approximate surface area is 247 Å². The summed E-state index contributed by atoms with van der Waals surface area (Å²) < 4.78 is 56.8. The first-order chi connectivity index (χ1) is 19.9. The molecule has 0 radical (unpaired) electrons. The molecule has 2 fully saturated rings. The van der Waals surface area contributed by atoms with Crippen LogP contribution in [0.2, 0.25) is 0 Å². The molecule has 8 nitrogen and oxygen atoms in total. The Balaban J connectivity index is 1.38. The van der Waals surface area contributed by atoms with Gasteiger partial charge in [-0.3, -0.25) is 9.69 Å². The van der Waals surface area contributed by atoms with Crippen molar-refractivity contribution in [2.75, 3.05) is 36.7 Å². The number of thiocarbonyl (C=S) groups is 1. The first kappa shape index (κ1) is 31.3. The summed E-state index contributed by atoms with van der Waals surface area (Å²) in [6.45, 7) is 4.35. The van der Waals surface area contributed by atoms with Gasteiger partial charge in [-0.05, 0) is 106 Å². The summed E-state index contributed by atoms with van der Waals surface area (Å²) >= 11 is 5.60. The van der Waals surface area contributed by atoms with Gasteiger partial charge in [0.2, 0.25) is 0 Å². The summed E-state index contributed by atoms with van der Waals surface area (Å²) in [6.07, 6.45) is -0.808. The lowest BCUT2D eigenvalue weighted by atomic mass is 9.83. The van der Waals surface area contributed by atoms with Crippen LogP contribution in [0.25, 0.3) is 0 Å². The number of carbonyl (C=O) groups is 2. The molecule has 224 valence electrons. The fourth-order valence-corrected chi connectivity index (χ4v) is 5.82. The van der Waals surface area contributed by atoms with Gasteiger partial charge in [0, 0.05) is 5.69 Å². The Kier molecular flexibility index (Phi) is 9.43. The van der Waals surface area contributed by atoms with E-state index < -0.39 is 28.7 Å². The van der Waals surface area contributed by atoms with Crippen LogP contribution >= 0.6 is 12.2 Å². The van der Waals surface area contributed by atoms with Crippen LogP contribution in [0.4, 0.5) is 24.5 Å². The molecule has 2 aromatic carbocycles. The normalized spacial score (nSPS) is 20.4. The maximum absolute atomic E-state index is 13.6. The number of benzene rings is 2. The van der Waals surface area contributed by atoms with E-state index >= 15 is 0 Å². The molecule has 0 N–H and O–H groups in total. The Morgan fingerprint density at radius 2 is 1.64 bits per heavy atom. The highest BCUT2D eigenvalue weighted by Crippen LogP contribution is 2.40. The van der Waals surface area contributed by atoms with Crippen molar-refractivity contribution < 1.29 is 37.0 Å². The van der Waals surface area contributed by atoms with Gasteiger partial charge in [-0.15, -0.1) is 0 Å². The first-order valence-electron chi connectivity index (χ1n) is 13.5. The van der Waals surface area contributed by atoms with Crippen LogP contribution in [-0.4, -0.2) is 49.5 Å². The van der Waals surface area contributed by atoms with E-state index in [9.17, 15) is 22.8 Å². The van der Waals surface area contributed by atoms with Crippen LogP contribution in [0.3, 0.4) is 0 Å². The molecule has 0 unspecified atom stereocenters. The van der Waals surface area contributed by atoms with Crippen LogP contribution in [0.1, 0.15) is 50.7 Å². The van der Waals surface area contributed by atoms with E-state index in [1.807, 2.05) is 0 Å². The topological polar surface area (TPSA) is 92.1 Å². The van der Waals surface area contributed by atoms with Gasteiger partial charge in [-0.25, -0.2) is 4.79 Å². The minimum Gasteiger partial charge on any atom is -0.493 e. The smallest absolute Gasteiger partial charge is 0.417 e. The second-order valence-electron chi connectivity index (χ2n) is 10.9. The molecule has 1 saturated heterocycles. The maximum Gasteiger partial charge on any atom is 0.417 e. The number of amides is 1. The zero-order valence-electron chi connectivity index (χ0n) is 23.6. The molecule has 4 rings (SSSR count). The van der Waals surface area contributed by atoms with Crippen molar-refractivity contribution in [3.8, 4) is 11.8 Å². The van der Waals surface area contributed by atoms with Crippen molar-refractivity contribution in [3.05, 3.63) is 53.6 Å². The third kappa shape index (κ3) is 6.68. The number of alkyl halides is 3. The minimum absolute atomic E-state index is 0.0313. The molecule has 1 amide bonds. The van der Waals surface area contributed by atoms with Crippen molar-refractivity contribution in [2.24, 2.45) is 11.8 Å². The molecule has 1 aliphatic heterocycles. The average Bonchev–Trinajstić information content (AvgIpc) is 3.14. The Hall–Kier alpha value is -3.69. The Morgan fingerprint density at radius 1 is 1.05 bits per heavy atom. The summed E-state index contributed by atoms with van der Waals surface area (Å²) in [7, 11) is 1.33. The zero-order valence-corrected chi connectivity index (χ0v) is 24.4. The number of halogens is 3. The van der Waals surface area contributed by atoms with Crippen molar-refractivity contribution in [1.82, 2.24) is 0 Å². The number of hydrogen-bond acceptors (Lipinski definition) is 7. The van der Waals surface area contributed by atoms with Gasteiger partial charge in [-0.1, -0.05) is 0 Å². The van der Waals surface area contributed by atoms with E-state index in [4.69, 9.17) is 27.0 Å². The van der Waals surface area contributed by atoms with Crippen LogP contribution in [0, 0.1) is 23.2 Å². The molecule has 0 spiro atoms. The number of esters is 1. The molecule has 1 heterocycles. The van der Waals surface area contributed by atoms with Gasteiger partial charge in [0.1, 0.15) is 17.9 Å². The summed E-state index contributed by atoms with van der Waals surface area (Å²) in [5.41, 5.74) is -2.31. The lowest BCUT2D eigenvalue weighted by Gasteiger charge is -2.30. The van der Waals surface area contributed by atoms with Crippen molar-refractivity contribution in [3.63, 3.8) is 0 Å². The molecule has 0 bridgehead atoms. The van der Waals surface area contributed by atoms with Gasteiger partial charge >= 0.3 is 12.1 Å². The average molecular weight is 604 g/mol. The number of carbonyl (C=O) groups excluding carboxylic acids is 2. The molecule has 42 heavy (non-hydrogen) atoms.